The van der Waals surface area contributed by atoms with Crippen molar-refractivity contribution in [3.05, 3.63) is 94.5 Å². The first-order chi connectivity index (χ1) is 15.2. The second kappa shape index (κ2) is 10.1. The number of nitrogens with one attached hydrogen (secondary N) is 1. The second-order valence-corrected chi connectivity index (χ2v) is 8.90. The maximum absolute atomic E-state index is 11.4. The minimum Gasteiger partial charge on any atom is -0.480 e. The molecule has 0 aromatic heterocycles. The topological polar surface area (TPSA) is 69.6 Å². The fraction of sp³-hybridized carbons (Fsp3) is 0.321. The van der Waals surface area contributed by atoms with Crippen LogP contribution >= 0.6 is 0 Å². The van der Waals surface area contributed by atoms with E-state index >= 15 is 0 Å². The molecule has 4 heteroatoms. The molecule has 2 atom stereocenters. The molecule has 0 radical (unpaired) electrons. The van der Waals surface area contributed by atoms with Crippen molar-refractivity contribution in [2.75, 3.05) is 6.61 Å². The Bertz CT molecular complexity index is 1080. The Labute approximate surface area is 190 Å². The molecule has 32 heavy (non-hydrogen) atoms. The number of benzene rings is 3. The summed E-state index contributed by atoms with van der Waals surface area (Å²) in [5, 5.41) is 21.8. The van der Waals surface area contributed by atoms with Crippen LogP contribution in [-0.4, -0.2) is 28.3 Å². The van der Waals surface area contributed by atoms with Crippen LogP contribution in [0.5, 0.6) is 0 Å². The first-order valence-electron chi connectivity index (χ1n) is 11.1. The summed E-state index contributed by atoms with van der Waals surface area (Å²) >= 11 is 0. The lowest BCUT2D eigenvalue weighted by Crippen LogP contribution is -2.52. The molecule has 0 bridgehead atoms. The van der Waals surface area contributed by atoms with E-state index in [9.17, 15) is 15.0 Å². The van der Waals surface area contributed by atoms with Crippen LogP contribution in [0.15, 0.2) is 66.7 Å². The second-order valence-electron chi connectivity index (χ2n) is 8.90. The third-order valence-corrected chi connectivity index (χ3v) is 6.40. The normalized spacial score (nSPS) is 14.0. The average molecular weight is 432 g/mol. The Morgan fingerprint density at radius 2 is 1.75 bits per heavy atom. The quantitative estimate of drug-likeness (QED) is 0.433. The largest absolute Gasteiger partial charge is 0.480 e. The van der Waals surface area contributed by atoms with E-state index in [2.05, 4.69) is 80.7 Å². The zero-order valence-electron chi connectivity index (χ0n) is 19.4. The first-order valence-corrected chi connectivity index (χ1v) is 11.1. The van der Waals surface area contributed by atoms with Gasteiger partial charge >= 0.3 is 5.97 Å². The van der Waals surface area contributed by atoms with Gasteiger partial charge in [0.2, 0.25) is 0 Å². The van der Waals surface area contributed by atoms with E-state index in [1.54, 1.807) is 0 Å². The van der Waals surface area contributed by atoms with Gasteiger partial charge in [0.1, 0.15) is 5.54 Å². The van der Waals surface area contributed by atoms with E-state index in [1.165, 1.54) is 40.3 Å². The molecule has 3 rings (SSSR count). The van der Waals surface area contributed by atoms with E-state index in [4.69, 9.17) is 0 Å². The van der Waals surface area contributed by atoms with Crippen LogP contribution in [0.1, 0.15) is 47.6 Å². The smallest absolute Gasteiger partial charge is 0.326 e. The number of carbonyl (C=O) groups is 1. The first kappa shape index (κ1) is 23.7. The third-order valence-electron chi connectivity index (χ3n) is 6.40. The Hall–Kier alpha value is -2.95. The number of aliphatic hydroxyl groups excluding tert-OH is 1. The summed E-state index contributed by atoms with van der Waals surface area (Å²) in [4.78, 5) is 11.4. The maximum Gasteiger partial charge on any atom is 0.326 e. The summed E-state index contributed by atoms with van der Waals surface area (Å²) in [5.41, 5.74) is 7.27. The SMILES string of the molecule is Cc1ccc(CNC(C)(CO)C(=O)O)cc1C(C)Cc1cccc(-c2ccccc2)c1C. The summed E-state index contributed by atoms with van der Waals surface area (Å²) in [6.45, 7) is 7.96. The lowest BCUT2D eigenvalue weighted by atomic mass is 9.86. The highest BCUT2D eigenvalue weighted by molar-refractivity contribution is 5.78. The highest BCUT2D eigenvalue weighted by Gasteiger charge is 2.31. The number of hydrogen-bond donors (Lipinski definition) is 3. The lowest BCUT2D eigenvalue weighted by Gasteiger charge is -2.24. The van der Waals surface area contributed by atoms with Crippen LogP contribution < -0.4 is 5.32 Å². The molecule has 3 aromatic carbocycles. The molecular weight excluding hydrogens is 398 g/mol. The van der Waals surface area contributed by atoms with Gasteiger partial charge in [0.15, 0.2) is 0 Å². The average Bonchev–Trinajstić information content (AvgIpc) is 2.80. The van der Waals surface area contributed by atoms with Gasteiger partial charge in [-0.1, -0.05) is 73.7 Å². The van der Waals surface area contributed by atoms with Crippen molar-refractivity contribution in [1.29, 1.82) is 0 Å². The van der Waals surface area contributed by atoms with Gasteiger partial charge in [0.25, 0.3) is 0 Å². The minimum absolute atomic E-state index is 0.309. The predicted molar refractivity (Wildman–Crippen MR) is 130 cm³/mol. The van der Waals surface area contributed by atoms with Crippen LogP contribution in [-0.2, 0) is 17.8 Å². The standard InChI is InChI=1S/C28H33NO3/c1-19-13-14-22(17-29-28(4,18-30)27(31)32)16-26(19)20(2)15-24-11-8-12-25(21(24)3)23-9-6-5-7-10-23/h5-14,16,20,29-30H,15,17-18H2,1-4H3,(H,31,32). The van der Waals surface area contributed by atoms with Crippen molar-refractivity contribution in [2.24, 2.45) is 0 Å². The number of rotatable bonds is 9. The maximum atomic E-state index is 11.4. The molecule has 0 aliphatic heterocycles. The molecule has 3 aromatic rings. The third kappa shape index (κ3) is 5.26. The molecule has 0 saturated carbocycles. The van der Waals surface area contributed by atoms with Gasteiger partial charge in [-0.3, -0.25) is 10.1 Å². The van der Waals surface area contributed by atoms with Gasteiger partial charge in [-0.25, -0.2) is 0 Å². The van der Waals surface area contributed by atoms with Crippen molar-refractivity contribution in [3.8, 4) is 11.1 Å². The molecule has 0 aliphatic rings. The Balaban J connectivity index is 1.81. The zero-order chi connectivity index (χ0) is 23.3. The van der Waals surface area contributed by atoms with E-state index in [0.717, 1.165) is 12.0 Å². The van der Waals surface area contributed by atoms with E-state index < -0.39 is 18.1 Å². The number of aliphatic carboxylic acids is 1. The molecule has 168 valence electrons. The molecule has 0 saturated heterocycles. The van der Waals surface area contributed by atoms with Crippen LogP contribution in [0.3, 0.4) is 0 Å². The lowest BCUT2D eigenvalue weighted by molar-refractivity contribution is -0.145. The molecule has 2 unspecified atom stereocenters. The van der Waals surface area contributed by atoms with E-state index in [-0.39, 0.29) is 0 Å². The highest BCUT2D eigenvalue weighted by atomic mass is 16.4. The zero-order valence-corrected chi connectivity index (χ0v) is 19.4. The van der Waals surface area contributed by atoms with Gasteiger partial charge < -0.3 is 10.2 Å². The van der Waals surface area contributed by atoms with Gasteiger partial charge in [0, 0.05) is 6.54 Å². The molecule has 0 heterocycles. The molecule has 0 spiro atoms. The van der Waals surface area contributed by atoms with Gasteiger partial charge in [-0.05, 0) is 72.1 Å². The molecule has 0 amide bonds. The Morgan fingerprint density at radius 3 is 2.41 bits per heavy atom. The number of aliphatic hydroxyl groups is 1. The fourth-order valence-electron chi connectivity index (χ4n) is 4.10. The van der Waals surface area contributed by atoms with E-state index in [1.807, 2.05) is 12.1 Å². The molecule has 4 nitrogen and oxygen atoms in total. The minimum atomic E-state index is -1.36. The van der Waals surface area contributed by atoms with Crippen LogP contribution in [0.25, 0.3) is 11.1 Å². The van der Waals surface area contributed by atoms with Crippen molar-refractivity contribution in [3.63, 3.8) is 0 Å². The van der Waals surface area contributed by atoms with Crippen LogP contribution in [0.4, 0.5) is 0 Å². The van der Waals surface area contributed by atoms with Gasteiger partial charge in [0.05, 0.1) is 6.61 Å². The number of carboxylic acid groups (broad SMARTS) is 1. The summed E-state index contributed by atoms with van der Waals surface area (Å²) in [7, 11) is 0. The number of carboxylic acids is 1. The van der Waals surface area contributed by atoms with Crippen molar-refractivity contribution in [2.45, 2.75) is 52.1 Å². The van der Waals surface area contributed by atoms with Crippen molar-refractivity contribution < 1.29 is 15.0 Å². The number of hydrogen-bond acceptors (Lipinski definition) is 3. The predicted octanol–water partition coefficient (Wildman–Crippen LogP) is 5.24. The molecule has 0 fully saturated rings. The molecule has 3 N–H and O–H groups in total. The Morgan fingerprint density at radius 1 is 1.03 bits per heavy atom. The van der Waals surface area contributed by atoms with Gasteiger partial charge in [-0.15, -0.1) is 0 Å². The summed E-state index contributed by atoms with van der Waals surface area (Å²) in [5.74, 6) is -0.752. The highest BCUT2D eigenvalue weighted by Crippen LogP contribution is 2.30. The summed E-state index contributed by atoms with van der Waals surface area (Å²) in [6, 6.07) is 23.2. The number of aryl methyl sites for hydroxylation is 1. The van der Waals surface area contributed by atoms with Gasteiger partial charge in [-0.2, -0.15) is 0 Å². The molecule has 0 aliphatic carbocycles. The molecular formula is C28H33NO3. The van der Waals surface area contributed by atoms with Crippen LogP contribution in [0.2, 0.25) is 0 Å². The Kier molecular flexibility index (Phi) is 7.49. The van der Waals surface area contributed by atoms with E-state index in [0.29, 0.717) is 12.5 Å². The summed E-state index contributed by atoms with van der Waals surface area (Å²) < 4.78 is 0. The monoisotopic (exact) mass is 431 g/mol. The fourth-order valence-corrected chi connectivity index (χ4v) is 4.10. The van der Waals surface area contributed by atoms with Crippen molar-refractivity contribution >= 4 is 5.97 Å². The van der Waals surface area contributed by atoms with Crippen molar-refractivity contribution in [1.82, 2.24) is 5.32 Å². The summed E-state index contributed by atoms with van der Waals surface area (Å²) in [6.07, 6.45) is 0.924. The van der Waals surface area contributed by atoms with Crippen LogP contribution in [0, 0.1) is 13.8 Å².